The van der Waals surface area contributed by atoms with Crippen LogP contribution in [-0.4, -0.2) is 28.5 Å². The number of nitrogens with zero attached hydrogens (tertiary/aromatic N) is 3. The molecule has 1 fully saturated rings. The molecule has 5 rings (SSSR count). The lowest BCUT2D eigenvalue weighted by atomic mass is 10.1. The van der Waals surface area contributed by atoms with Crippen molar-refractivity contribution in [3.63, 3.8) is 0 Å². The lowest BCUT2D eigenvalue weighted by Gasteiger charge is -2.28. The van der Waals surface area contributed by atoms with Crippen LogP contribution in [-0.2, 0) is 11.3 Å². The first-order chi connectivity index (χ1) is 15.7. The fourth-order valence-electron chi connectivity index (χ4n) is 4.17. The Labute approximate surface area is 190 Å². The van der Waals surface area contributed by atoms with Gasteiger partial charge in [-0.15, -0.1) is 11.3 Å². The second kappa shape index (κ2) is 8.96. The van der Waals surface area contributed by atoms with Crippen molar-refractivity contribution in [2.75, 3.05) is 23.3 Å². The number of piperidine rings is 1. The standard InChI is InChI=1S/C25H24N4O2S/c30-22(27-19-9-11-20(12-10-19)28-13-5-2-6-14-28)15-29-17-26-24-23(25(29)31)21(16-32-24)18-7-3-1-4-8-18/h1,3-4,7-12,16-17H,2,5-6,13-15H2,(H,27,30). The highest BCUT2D eigenvalue weighted by molar-refractivity contribution is 7.17. The van der Waals surface area contributed by atoms with E-state index in [1.165, 1.54) is 47.2 Å². The van der Waals surface area contributed by atoms with Gasteiger partial charge in [-0.2, -0.15) is 0 Å². The van der Waals surface area contributed by atoms with Gasteiger partial charge in [0.2, 0.25) is 5.91 Å². The summed E-state index contributed by atoms with van der Waals surface area (Å²) in [6.45, 7) is 2.08. The van der Waals surface area contributed by atoms with Gasteiger partial charge in [0, 0.05) is 35.4 Å². The quantitative estimate of drug-likeness (QED) is 0.482. The number of benzene rings is 2. The molecule has 3 heterocycles. The molecule has 0 aliphatic carbocycles. The van der Waals surface area contributed by atoms with Crippen LogP contribution in [0.2, 0.25) is 0 Å². The predicted octanol–water partition coefficient (Wildman–Crippen LogP) is 4.75. The monoisotopic (exact) mass is 444 g/mol. The van der Waals surface area contributed by atoms with Gasteiger partial charge >= 0.3 is 0 Å². The normalized spacial score (nSPS) is 13.9. The second-order valence-electron chi connectivity index (χ2n) is 8.02. The first-order valence-electron chi connectivity index (χ1n) is 10.9. The molecule has 0 radical (unpaired) electrons. The number of rotatable bonds is 5. The molecule has 4 aromatic rings. The Bertz CT molecular complexity index is 1290. The molecule has 0 bridgehead atoms. The van der Waals surface area contributed by atoms with Crippen LogP contribution in [0.15, 0.2) is 71.1 Å². The minimum absolute atomic E-state index is 0.0836. The average Bonchev–Trinajstić information content (AvgIpc) is 3.27. The number of aromatic nitrogens is 2. The lowest BCUT2D eigenvalue weighted by Crippen LogP contribution is -2.29. The highest BCUT2D eigenvalue weighted by atomic mass is 32.1. The van der Waals surface area contributed by atoms with Gasteiger partial charge in [0.1, 0.15) is 11.4 Å². The summed E-state index contributed by atoms with van der Waals surface area (Å²) in [7, 11) is 0. The van der Waals surface area contributed by atoms with Crippen LogP contribution in [0.4, 0.5) is 11.4 Å². The first kappa shape index (κ1) is 20.5. The molecule has 1 aliphatic heterocycles. The summed E-state index contributed by atoms with van der Waals surface area (Å²) in [5.41, 5.74) is 3.52. The van der Waals surface area contributed by atoms with Crippen molar-refractivity contribution in [2.45, 2.75) is 25.8 Å². The molecular weight excluding hydrogens is 420 g/mol. The zero-order chi connectivity index (χ0) is 21.9. The smallest absolute Gasteiger partial charge is 0.263 e. The fraction of sp³-hybridized carbons (Fsp3) is 0.240. The van der Waals surface area contributed by atoms with E-state index in [2.05, 4.69) is 15.2 Å². The van der Waals surface area contributed by atoms with Gasteiger partial charge in [-0.05, 0) is 49.1 Å². The average molecular weight is 445 g/mol. The SMILES string of the molecule is O=C(Cn1cnc2scc(-c3ccccc3)c2c1=O)Nc1ccc(N2CCCCC2)cc1. The molecule has 1 N–H and O–H groups in total. The number of nitrogens with one attached hydrogen (secondary N) is 1. The third-order valence-electron chi connectivity index (χ3n) is 5.83. The number of thiophene rings is 1. The Balaban J connectivity index is 1.32. The Kier molecular flexibility index (Phi) is 5.73. The summed E-state index contributed by atoms with van der Waals surface area (Å²) in [6, 6.07) is 17.7. The third kappa shape index (κ3) is 4.16. The van der Waals surface area contributed by atoms with Crippen LogP contribution in [0.5, 0.6) is 0 Å². The maximum atomic E-state index is 13.1. The number of anilines is 2. The van der Waals surface area contributed by atoms with Crippen LogP contribution in [0.1, 0.15) is 19.3 Å². The zero-order valence-electron chi connectivity index (χ0n) is 17.7. The molecule has 0 spiro atoms. The van der Waals surface area contributed by atoms with Crippen molar-refractivity contribution >= 4 is 38.8 Å². The second-order valence-corrected chi connectivity index (χ2v) is 8.87. The molecular formula is C25H24N4O2S. The van der Waals surface area contributed by atoms with Gasteiger partial charge in [-0.25, -0.2) is 4.98 Å². The molecule has 7 heteroatoms. The fourth-order valence-corrected chi connectivity index (χ4v) is 5.08. The van der Waals surface area contributed by atoms with E-state index < -0.39 is 0 Å². The van der Waals surface area contributed by atoms with Crippen LogP contribution < -0.4 is 15.8 Å². The summed E-state index contributed by atoms with van der Waals surface area (Å²) in [5.74, 6) is -0.254. The Hall–Kier alpha value is -3.45. The van der Waals surface area contributed by atoms with E-state index >= 15 is 0 Å². The minimum atomic E-state index is -0.254. The van der Waals surface area contributed by atoms with E-state index in [0.29, 0.717) is 10.2 Å². The number of amides is 1. The van der Waals surface area contributed by atoms with E-state index in [-0.39, 0.29) is 18.0 Å². The number of hydrogen-bond acceptors (Lipinski definition) is 5. The van der Waals surface area contributed by atoms with E-state index in [1.807, 2.05) is 60.0 Å². The van der Waals surface area contributed by atoms with E-state index in [0.717, 1.165) is 29.9 Å². The van der Waals surface area contributed by atoms with Gasteiger partial charge in [0.15, 0.2) is 0 Å². The Morgan fingerprint density at radius 1 is 1.00 bits per heavy atom. The van der Waals surface area contributed by atoms with Gasteiger partial charge in [0.25, 0.3) is 5.56 Å². The molecule has 0 saturated carbocycles. The number of fused-ring (bicyclic) bond motifs is 1. The largest absolute Gasteiger partial charge is 0.372 e. The number of carbonyl (C=O) groups excluding carboxylic acids is 1. The molecule has 162 valence electrons. The molecule has 1 saturated heterocycles. The summed E-state index contributed by atoms with van der Waals surface area (Å²) in [6.07, 6.45) is 5.20. The predicted molar refractivity (Wildman–Crippen MR) is 130 cm³/mol. The van der Waals surface area contributed by atoms with Crippen molar-refractivity contribution in [1.82, 2.24) is 9.55 Å². The van der Waals surface area contributed by atoms with Crippen molar-refractivity contribution < 1.29 is 4.79 Å². The topological polar surface area (TPSA) is 67.2 Å². The van der Waals surface area contributed by atoms with Gasteiger partial charge in [-0.1, -0.05) is 30.3 Å². The van der Waals surface area contributed by atoms with Crippen molar-refractivity contribution in [2.24, 2.45) is 0 Å². The number of hydrogen-bond donors (Lipinski definition) is 1. The maximum absolute atomic E-state index is 13.1. The summed E-state index contributed by atoms with van der Waals surface area (Å²) in [5, 5.41) is 5.40. The highest BCUT2D eigenvalue weighted by Crippen LogP contribution is 2.30. The molecule has 6 nitrogen and oxygen atoms in total. The molecule has 0 atom stereocenters. The molecule has 0 unspecified atom stereocenters. The molecule has 1 amide bonds. The minimum Gasteiger partial charge on any atom is -0.372 e. The van der Waals surface area contributed by atoms with Crippen LogP contribution in [0.3, 0.4) is 0 Å². The molecule has 32 heavy (non-hydrogen) atoms. The molecule has 1 aliphatic rings. The van der Waals surface area contributed by atoms with Crippen LogP contribution in [0.25, 0.3) is 21.3 Å². The summed E-state index contributed by atoms with van der Waals surface area (Å²) >= 11 is 1.44. The molecule has 2 aromatic heterocycles. The van der Waals surface area contributed by atoms with Crippen molar-refractivity contribution in [3.8, 4) is 11.1 Å². The maximum Gasteiger partial charge on any atom is 0.263 e. The number of carbonyl (C=O) groups is 1. The Morgan fingerprint density at radius 2 is 1.75 bits per heavy atom. The van der Waals surface area contributed by atoms with Crippen molar-refractivity contribution in [1.29, 1.82) is 0 Å². The van der Waals surface area contributed by atoms with E-state index in [9.17, 15) is 9.59 Å². The third-order valence-corrected chi connectivity index (χ3v) is 6.72. The summed E-state index contributed by atoms with van der Waals surface area (Å²) < 4.78 is 1.37. The highest BCUT2D eigenvalue weighted by Gasteiger charge is 2.15. The summed E-state index contributed by atoms with van der Waals surface area (Å²) in [4.78, 5) is 33.2. The van der Waals surface area contributed by atoms with Gasteiger partial charge in [0.05, 0.1) is 11.7 Å². The molecule has 2 aromatic carbocycles. The first-order valence-corrected chi connectivity index (χ1v) is 11.7. The zero-order valence-corrected chi connectivity index (χ0v) is 18.5. The lowest BCUT2D eigenvalue weighted by molar-refractivity contribution is -0.116. The Morgan fingerprint density at radius 3 is 2.50 bits per heavy atom. The van der Waals surface area contributed by atoms with E-state index in [1.54, 1.807) is 0 Å². The van der Waals surface area contributed by atoms with Crippen LogP contribution in [0, 0.1) is 0 Å². The van der Waals surface area contributed by atoms with Crippen molar-refractivity contribution in [3.05, 3.63) is 76.7 Å². The van der Waals surface area contributed by atoms with E-state index in [4.69, 9.17) is 0 Å². The van der Waals surface area contributed by atoms with Gasteiger partial charge in [-0.3, -0.25) is 14.2 Å². The van der Waals surface area contributed by atoms with Crippen LogP contribution >= 0.6 is 11.3 Å². The van der Waals surface area contributed by atoms with Gasteiger partial charge < -0.3 is 10.2 Å².